The topological polar surface area (TPSA) is 56.5 Å². The van der Waals surface area contributed by atoms with Crippen LogP contribution in [0.5, 0.6) is 5.75 Å². The Balaban J connectivity index is 2.34. The highest BCUT2D eigenvalue weighted by Gasteiger charge is 2.19. The van der Waals surface area contributed by atoms with Gasteiger partial charge in [-0.1, -0.05) is 49.4 Å². The summed E-state index contributed by atoms with van der Waals surface area (Å²) in [5.41, 5.74) is 0.789. The number of hydrogen-bond donors (Lipinski definition) is 0. The van der Waals surface area contributed by atoms with E-state index < -0.39 is 11.6 Å². The van der Waals surface area contributed by atoms with Crippen LogP contribution in [0.3, 0.4) is 0 Å². The van der Waals surface area contributed by atoms with E-state index >= 15 is 0 Å². The van der Waals surface area contributed by atoms with E-state index in [1.54, 1.807) is 43.3 Å². The maximum Gasteiger partial charge on any atom is 0.348 e. The standard InChI is InChI=1S/C18H14O4/c1-2-15(19)22-17-13-10-6-7-11-14(13)21-18(20)16(17)12-8-4-3-5-9-12/h3-11H,2H2,1H3. The van der Waals surface area contributed by atoms with E-state index in [2.05, 4.69) is 0 Å². The summed E-state index contributed by atoms with van der Waals surface area (Å²) in [5, 5.41) is 0.600. The molecule has 0 aliphatic heterocycles. The molecule has 4 heteroatoms. The van der Waals surface area contributed by atoms with Crippen molar-refractivity contribution in [3.05, 3.63) is 65.0 Å². The van der Waals surface area contributed by atoms with Gasteiger partial charge in [0.2, 0.25) is 0 Å². The molecule has 2 aromatic carbocycles. The third-order valence-corrected chi connectivity index (χ3v) is 3.33. The number of ether oxygens (including phenoxy) is 1. The molecule has 4 nitrogen and oxygen atoms in total. The van der Waals surface area contributed by atoms with Gasteiger partial charge in [-0.2, -0.15) is 0 Å². The van der Waals surface area contributed by atoms with Gasteiger partial charge in [0.15, 0.2) is 5.75 Å². The smallest absolute Gasteiger partial charge is 0.348 e. The monoisotopic (exact) mass is 294 g/mol. The number of para-hydroxylation sites is 1. The SMILES string of the molecule is CCC(=O)Oc1c(-c2ccccc2)c(=O)oc2ccccc12. The van der Waals surface area contributed by atoms with Crippen LogP contribution < -0.4 is 10.4 Å². The van der Waals surface area contributed by atoms with Gasteiger partial charge in [-0.05, 0) is 17.7 Å². The van der Waals surface area contributed by atoms with E-state index in [1.807, 2.05) is 18.2 Å². The highest BCUT2D eigenvalue weighted by atomic mass is 16.5. The third-order valence-electron chi connectivity index (χ3n) is 3.33. The molecular weight excluding hydrogens is 280 g/mol. The molecule has 0 unspecified atom stereocenters. The fourth-order valence-electron chi connectivity index (χ4n) is 2.27. The van der Waals surface area contributed by atoms with Crippen LogP contribution in [0.15, 0.2) is 63.8 Å². The molecule has 0 N–H and O–H groups in total. The molecule has 0 aliphatic carbocycles. The molecular formula is C18H14O4. The molecule has 110 valence electrons. The van der Waals surface area contributed by atoms with Crippen LogP contribution in [0.2, 0.25) is 0 Å². The van der Waals surface area contributed by atoms with Gasteiger partial charge in [0.25, 0.3) is 0 Å². The summed E-state index contributed by atoms with van der Waals surface area (Å²) in [5.74, 6) is -0.141. The lowest BCUT2D eigenvalue weighted by molar-refractivity contribution is -0.133. The van der Waals surface area contributed by atoms with Crippen LogP contribution in [0, 0.1) is 0 Å². The van der Waals surface area contributed by atoms with Gasteiger partial charge < -0.3 is 9.15 Å². The number of rotatable bonds is 3. The number of benzene rings is 2. The molecule has 1 heterocycles. The van der Waals surface area contributed by atoms with Crippen molar-refractivity contribution in [1.29, 1.82) is 0 Å². The molecule has 0 aliphatic rings. The molecule has 0 bridgehead atoms. The van der Waals surface area contributed by atoms with Crippen molar-refractivity contribution >= 4 is 16.9 Å². The second-order valence-corrected chi connectivity index (χ2v) is 4.78. The lowest BCUT2D eigenvalue weighted by Gasteiger charge is -2.11. The summed E-state index contributed by atoms with van der Waals surface area (Å²) in [6.07, 6.45) is 0.225. The van der Waals surface area contributed by atoms with Gasteiger partial charge in [0.1, 0.15) is 11.1 Å². The van der Waals surface area contributed by atoms with Gasteiger partial charge in [0, 0.05) is 6.42 Å². The Kier molecular flexibility index (Phi) is 3.74. The highest BCUT2D eigenvalue weighted by Crippen LogP contribution is 2.34. The van der Waals surface area contributed by atoms with E-state index in [1.165, 1.54) is 0 Å². The summed E-state index contributed by atoms with van der Waals surface area (Å²) in [7, 11) is 0. The van der Waals surface area contributed by atoms with Gasteiger partial charge >= 0.3 is 11.6 Å². The van der Waals surface area contributed by atoms with Crippen LogP contribution in [-0.2, 0) is 4.79 Å². The van der Waals surface area contributed by atoms with Crippen LogP contribution in [0.1, 0.15) is 13.3 Å². The van der Waals surface area contributed by atoms with Crippen molar-refractivity contribution < 1.29 is 13.9 Å². The van der Waals surface area contributed by atoms with Crippen molar-refractivity contribution in [1.82, 2.24) is 0 Å². The summed E-state index contributed by atoms with van der Waals surface area (Å²) in [6, 6.07) is 16.1. The van der Waals surface area contributed by atoms with E-state index in [0.29, 0.717) is 16.5 Å². The molecule has 0 saturated heterocycles. The first-order valence-electron chi connectivity index (χ1n) is 7.02. The van der Waals surface area contributed by atoms with Crippen molar-refractivity contribution in [2.24, 2.45) is 0 Å². The summed E-state index contributed by atoms with van der Waals surface area (Å²) < 4.78 is 10.8. The second-order valence-electron chi connectivity index (χ2n) is 4.78. The highest BCUT2D eigenvalue weighted by molar-refractivity contribution is 5.93. The van der Waals surface area contributed by atoms with E-state index in [-0.39, 0.29) is 17.7 Å². The lowest BCUT2D eigenvalue weighted by Crippen LogP contribution is -2.12. The summed E-state index contributed by atoms with van der Waals surface area (Å²) >= 11 is 0. The molecule has 0 saturated carbocycles. The molecule has 22 heavy (non-hydrogen) atoms. The van der Waals surface area contributed by atoms with Gasteiger partial charge in [-0.3, -0.25) is 4.79 Å². The van der Waals surface area contributed by atoms with Crippen LogP contribution in [-0.4, -0.2) is 5.97 Å². The quantitative estimate of drug-likeness (QED) is 0.545. The summed E-state index contributed by atoms with van der Waals surface area (Å²) in [4.78, 5) is 24.1. The Labute approximate surface area is 127 Å². The lowest BCUT2D eigenvalue weighted by atomic mass is 10.0. The Morgan fingerprint density at radius 1 is 1.05 bits per heavy atom. The fraction of sp³-hybridized carbons (Fsp3) is 0.111. The largest absolute Gasteiger partial charge is 0.425 e. The second kappa shape index (κ2) is 5.85. The average molecular weight is 294 g/mol. The van der Waals surface area contributed by atoms with Crippen LogP contribution >= 0.6 is 0 Å². The normalized spacial score (nSPS) is 10.6. The van der Waals surface area contributed by atoms with E-state index in [0.717, 1.165) is 0 Å². The van der Waals surface area contributed by atoms with Crippen molar-refractivity contribution in [3.8, 4) is 16.9 Å². The number of esters is 1. The zero-order chi connectivity index (χ0) is 15.5. The van der Waals surface area contributed by atoms with Gasteiger partial charge in [0.05, 0.1) is 5.39 Å². The first kappa shape index (κ1) is 14.1. The molecule has 0 radical (unpaired) electrons. The number of hydrogen-bond acceptors (Lipinski definition) is 4. The minimum atomic E-state index is -0.524. The predicted octanol–water partition coefficient (Wildman–Crippen LogP) is 3.78. The van der Waals surface area contributed by atoms with Crippen LogP contribution in [0.25, 0.3) is 22.1 Å². The maximum absolute atomic E-state index is 12.4. The Morgan fingerprint density at radius 2 is 1.73 bits per heavy atom. The minimum Gasteiger partial charge on any atom is -0.425 e. The van der Waals surface area contributed by atoms with Gasteiger partial charge in [-0.15, -0.1) is 0 Å². The third kappa shape index (κ3) is 2.51. The maximum atomic E-state index is 12.4. The van der Waals surface area contributed by atoms with Crippen molar-refractivity contribution in [2.75, 3.05) is 0 Å². The Bertz CT molecular complexity index is 878. The molecule has 0 spiro atoms. The first-order chi connectivity index (χ1) is 10.7. The number of carbonyl (C=O) groups excluding carboxylic acids is 1. The fourth-order valence-corrected chi connectivity index (χ4v) is 2.27. The Morgan fingerprint density at radius 3 is 2.45 bits per heavy atom. The zero-order valence-electron chi connectivity index (χ0n) is 12.0. The molecule has 0 amide bonds. The molecule has 0 fully saturated rings. The van der Waals surface area contributed by atoms with Crippen LogP contribution in [0.4, 0.5) is 0 Å². The Hall–Kier alpha value is -2.88. The molecule has 3 rings (SSSR count). The van der Waals surface area contributed by atoms with Crippen molar-refractivity contribution in [2.45, 2.75) is 13.3 Å². The van der Waals surface area contributed by atoms with Gasteiger partial charge in [-0.25, -0.2) is 4.79 Å². The van der Waals surface area contributed by atoms with E-state index in [9.17, 15) is 9.59 Å². The zero-order valence-corrected chi connectivity index (χ0v) is 12.0. The van der Waals surface area contributed by atoms with E-state index in [4.69, 9.17) is 9.15 Å². The predicted molar refractivity (Wildman–Crippen MR) is 83.8 cm³/mol. The number of carbonyl (C=O) groups is 1. The molecule has 1 aromatic heterocycles. The molecule has 0 atom stereocenters. The average Bonchev–Trinajstić information content (AvgIpc) is 2.55. The molecule has 3 aromatic rings. The summed E-state index contributed by atoms with van der Waals surface area (Å²) in [6.45, 7) is 1.71. The van der Waals surface area contributed by atoms with Crippen molar-refractivity contribution in [3.63, 3.8) is 0 Å². The number of fused-ring (bicyclic) bond motifs is 1. The minimum absolute atomic E-state index is 0.225. The first-order valence-corrected chi connectivity index (χ1v) is 7.02.